The number of carbonyl (C=O) groups is 4. The molecule has 1 aromatic carbocycles. The lowest BCUT2D eigenvalue weighted by Crippen LogP contribution is -2.52. The van der Waals surface area contributed by atoms with Crippen molar-refractivity contribution in [1.82, 2.24) is 15.2 Å². The van der Waals surface area contributed by atoms with Gasteiger partial charge in [-0.3, -0.25) is 19.2 Å². The van der Waals surface area contributed by atoms with Crippen LogP contribution in [0.4, 0.5) is 13.2 Å². The number of aliphatic carboxylic acids is 1. The van der Waals surface area contributed by atoms with Crippen LogP contribution in [0.2, 0.25) is 0 Å². The molecule has 1 atom stereocenters. The highest BCUT2D eigenvalue weighted by atomic mass is 19.4. The number of hydrogen-bond donors (Lipinski definition) is 2. The number of rotatable bonds is 7. The van der Waals surface area contributed by atoms with Crippen LogP contribution in [-0.4, -0.2) is 51.6 Å². The van der Waals surface area contributed by atoms with Crippen LogP contribution in [0, 0.1) is 5.92 Å². The van der Waals surface area contributed by atoms with Gasteiger partial charge in [0.25, 0.3) is 0 Å². The maximum atomic E-state index is 12.6. The van der Waals surface area contributed by atoms with Crippen molar-refractivity contribution in [3.63, 3.8) is 0 Å². The highest BCUT2D eigenvalue weighted by molar-refractivity contribution is 6.19. The molecule has 12 heteroatoms. The third-order valence-electron chi connectivity index (χ3n) is 4.74. The quantitative estimate of drug-likeness (QED) is 0.599. The molecule has 0 radical (unpaired) electrons. The normalized spacial score (nSPS) is 16.5. The van der Waals surface area contributed by atoms with E-state index in [9.17, 15) is 32.3 Å². The van der Waals surface area contributed by atoms with Gasteiger partial charge < -0.3 is 20.1 Å². The van der Waals surface area contributed by atoms with Gasteiger partial charge in [0.05, 0.1) is 6.20 Å². The summed E-state index contributed by atoms with van der Waals surface area (Å²) in [5.74, 6) is -4.70. The average Bonchev–Trinajstić information content (AvgIpc) is 2.75. The molecule has 174 valence electrons. The second-order valence-corrected chi connectivity index (χ2v) is 7.14. The molecule has 0 spiro atoms. The third kappa shape index (κ3) is 6.05. The van der Waals surface area contributed by atoms with Crippen LogP contribution in [0.3, 0.4) is 0 Å². The summed E-state index contributed by atoms with van der Waals surface area (Å²) in [6, 6.07) is 8.28. The second-order valence-electron chi connectivity index (χ2n) is 7.14. The van der Waals surface area contributed by atoms with Gasteiger partial charge in [0.15, 0.2) is 11.7 Å². The number of alkyl halides is 3. The number of carbonyl (C=O) groups excluding carboxylic acids is 3. The smallest absolute Gasteiger partial charge is 0.433 e. The molecule has 2 aromatic rings. The first-order valence-electron chi connectivity index (χ1n) is 9.65. The SMILES string of the molecule is O=C(O)CNC(=O)C1C(=O)CCN(Cc2ccc(Oc3ccc(C(F)(F)F)nc3)cc2)C1=O. The molecule has 1 saturated heterocycles. The van der Waals surface area contributed by atoms with Crippen LogP contribution in [-0.2, 0) is 31.9 Å². The molecule has 1 aliphatic heterocycles. The van der Waals surface area contributed by atoms with Gasteiger partial charge in [0, 0.05) is 19.5 Å². The first-order chi connectivity index (χ1) is 15.5. The van der Waals surface area contributed by atoms with E-state index in [1.54, 1.807) is 24.3 Å². The van der Waals surface area contributed by atoms with Crippen LogP contribution in [0.5, 0.6) is 11.5 Å². The van der Waals surface area contributed by atoms with Crippen LogP contribution in [0.1, 0.15) is 17.7 Å². The molecule has 33 heavy (non-hydrogen) atoms. The number of hydrogen-bond acceptors (Lipinski definition) is 6. The molecule has 3 rings (SSSR count). The van der Waals surface area contributed by atoms with Crippen molar-refractivity contribution < 1.29 is 42.2 Å². The minimum absolute atomic E-state index is 0.0426. The monoisotopic (exact) mass is 465 g/mol. The zero-order valence-electron chi connectivity index (χ0n) is 17.0. The van der Waals surface area contributed by atoms with E-state index in [1.807, 2.05) is 5.32 Å². The van der Waals surface area contributed by atoms with E-state index in [1.165, 1.54) is 4.90 Å². The predicted molar refractivity (Wildman–Crippen MR) is 105 cm³/mol. The minimum Gasteiger partial charge on any atom is -0.480 e. The average molecular weight is 465 g/mol. The van der Waals surface area contributed by atoms with Crippen molar-refractivity contribution in [3.8, 4) is 11.5 Å². The van der Waals surface area contributed by atoms with Crippen molar-refractivity contribution in [1.29, 1.82) is 0 Å². The molecule has 2 heterocycles. The van der Waals surface area contributed by atoms with Crippen LogP contribution in [0.15, 0.2) is 42.6 Å². The summed E-state index contributed by atoms with van der Waals surface area (Å²) in [5, 5.41) is 10.7. The summed E-state index contributed by atoms with van der Waals surface area (Å²) < 4.78 is 43.2. The van der Waals surface area contributed by atoms with Crippen molar-refractivity contribution >= 4 is 23.6 Å². The number of aromatic nitrogens is 1. The molecule has 1 aliphatic rings. The Bertz CT molecular complexity index is 1050. The summed E-state index contributed by atoms with van der Waals surface area (Å²) in [4.78, 5) is 52.0. The summed E-state index contributed by atoms with van der Waals surface area (Å²) in [6.07, 6.45) is -3.64. The van der Waals surface area contributed by atoms with Gasteiger partial charge in [-0.05, 0) is 29.8 Å². The van der Waals surface area contributed by atoms with E-state index in [4.69, 9.17) is 9.84 Å². The van der Waals surface area contributed by atoms with Gasteiger partial charge in [-0.2, -0.15) is 13.2 Å². The summed E-state index contributed by atoms with van der Waals surface area (Å²) in [7, 11) is 0. The Balaban J connectivity index is 1.62. The molecular formula is C21H18F3N3O6. The van der Waals surface area contributed by atoms with Gasteiger partial charge >= 0.3 is 12.1 Å². The Labute approximate surface area is 185 Å². The fraction of sp³-hybridized carbons (Fsp3) is 0.286. The lowest BCUT2D eigenvalue weighted by molar-refractivity contribution is -0.152. The molecule has 9 nitrogen and oxygen atoms in total. The Morgan fingerprint density at radius 3 is 2.36 bits per heavy atom. The number of halogens is 3. The standard InChI is InChI=1S/C21H18F3N3O6/c22-21(23,24)16-6-5-14(9-25-16)33-13-3-1-12(2-4-13)11-27-8-7-15(28)18(20(27)32)19(31)26-10-17(29)30/h1-6,9,18H,7-8,10-11H2,(H,26,31)(H,29,30). The maximum Gasteiger partial charge on any atom is 0.433 e. The van der Waals surface area contributed by atoms with Gasteiger partial charge in [0.1, 0.15) is 23.7 Å². The second kappa shape index (κ2) is 9.67. The number of amides is 2. The van der Waals surface area contributed by atoms with Crippen molar-refractivity contribution in [2.24, 2.45) is 5.92 Å². The van der Waals surface area contributed by atoms with E-state index in [0.29, 0.717) is 11.3 Å². The summed E-state index contributed by atoms with van der Waals surface area (Å²) in [6.45, 7) is -0.501. The van der Waals surface area contributed by atoms with E-state index >= 15 is 0 Å². The third-order valence-corrected chi connectivity index (χ3v) is 4.74. The molecule has 1 fully saturated rings. The number of piperidine rings is 1. The number of ketones is 1. The molecular weight excluding hydrogens is 447 g/mol. The van der Waals surface area contributed by atoms with E-state index in [0.717, 1.165) is 18.3 Å². The minimum atomic E-state index is -4.55. The number of benzene rings is 1. The van der Waals surface area contributed by atoms with Gasteiger partial charge in [-0.1, -0.05) is 12.1 Å². The number of Topliss-reactive ketones (excluding diaryl/α,β-unsaturated/α-hetero) is 1. The Morgan fingerprint density at radius 2 is 1.79 bits per heavy atom. The number of carboxylic acid groups (broad SMARTS) is 1. The van der Waals surface area contributed by atoms with Crippen molar-refractivity contribution in [3.05, 3.63) is 53.9 Å². The van der Waals surface area contributed by atoms with E-state index in [-0.39, 0.29) is 25.3 Å². The summed E-state index contributed by atoms with van der Waals surface area (Å²) >= 11 is 0. The van der Waals surface area contributed by atoms with Crippen LogP contribution >= 0.6 is 0 Å². The van der Waals surface area contributed by atoms with Gasteiger partial charge in [-0.25, -0.2) is 4.98 Å². The first-order valence-corrected chi connectivity index (χ1v) is 9.65. The lowest BCUT2D eigenvalue weighted by Gasteiger charge is -2.30. The maximum absolute atomic E-state index is 12.6. The largest absolute Gasteiger partial charge is 0.480 e. The fourth-order valence-electron chi connectivity index (χ4n) is 3.13. The predicted octanol–water partition coefficient (Wildman–Crippen LogP) is 2.01. The van der Waals surface area contributed by atoms with Crippen LogP contribution < -0.4 is 10.1 Å². The number of likely N-dealkylation sites (tertiary alicyclic amines) is 1. The molecule has 0 bridgehead atoms. The zero-order chi connectivity index (χ0) is 24.2. The number of pyridine rings is 1. The molecule has 2 N–H and O–H groups in total. The Morgan fingerprint density at radius 1 is 1.12 bits per heavy atom. The molecule has 2 amide bonds. The van der Waals surface area contributed by atoms with Crippen molar-refractivity contribution in [2.75, 3.05) is 13.1 Å². The zero-order valence-corrected chi connectivity index (χ0v) is 17.0. The molecule has 0 aliphatic carbocycles. The molecule has 1 unspecified atom stereocenters. The number of nitrogens with one attached hydrogen (secondary N) is 1. The lowest BCUT2D eigenvalue weighted by atomic mass is 9.94. The number of ether oxygens (including phenoxy) is 1. The topological polar surface area (TPSA) is 126 Å². The first kappa shape index (κ1) is 23.7. The van der Waals surface area contributed by atoms with E-state index < -0.39 is 47.9 Å². The van der Waals surface area contributed by atoms with E-state index in [2.05, 4.69) is 4.98 Å². The van der Waals surface area contributed by atoms with Gasteiger partial charge in [-0.15, -0.1) is 0 Å². The van der Waals surface area contributed by atoms with Crippen molar-refractivity contribution in [2.45, 2.75) is 19.1 Å². The molecule has 0 saturated carbocycles. The highest BCUT2D eigenvalue weighted by Gasteiger charge is 2.40. The molecule has 1 aromatic heterocycles. The Kier molecular flexibility index (Phi) is 6.95. The number of nitrogens with zero attached hydrogens (tertiary/aromatic N) is 2. The van der Waals surface area contributed by atoms with Gasteiger partial charge in [0.2, 0.25) is 11.8 Å². The Hall–Kier alpha value is -3.96. The fourth-order valence-corrected chi connectivity index (χ4v) is 3.13. The van der Waals surface area contributed by atoms with Crippen LogP contribution in [0.25, 0.3) is 0 Å². The highest BCUT2D eigenvalue weighted by Crippen LogP contribution is 2.29. The number of carboxylic acids is 1. The summed E-state index contributed by atoms with van der Waals surface area (Å²) in [5.41, 5.74) is -0.384.